The molecule has 158 valence electrons. The van der Waals surface area contributed by atoms with Crippen molar-refractivity contribution in [2.24, 2.45) is 7.05 Å². The smallest absolute Gasteiger partial charge is 0.0495 e. The van der Waals surface area contributed by atoms with Gasteiger partial charge in [0, 0.05) is 34.3 Å². The maximum Gasteiger partial charge on any atom is 0.0495 e. The zero-order valence-electron chi connectivity index (χ0n) is 19.2. The molecule has 7 rings (SSSR count). The monoisotopic (exact) mass is 423 g/mol. The summed E-state index contributed by atoms with van der Waals surface area (Å²) in [6.45, 7) is 4.70. The van der Waals surface area contributed by atoms with Crippen molar-refractivity contribution in [1.29, 1.82) is 0 Å². The summed E-state index contributed by atoms with van der Waals surface area (Å²) < 4.78 is 2.32. The molecule has 33 heavy (non-hydrogen) atoms. The molecule has 0 aliphatic heterocycles. The van der Waals surface area contributed by atoms with Crippen molar-refractivity contribution in [3.05, 3.63) is 108 Å². The van der Waals surface area contributed by atoms with Crippen molar-refractivity contribution >= 4 is 32.6 Å². The van der Waals surface area contributed by atoms with Crippen LogP contribution in [0.1, 0.15) is 25.0 Å². The fourth-order valence-electron chi connectivity index (χ4n) is 5.96. The predicted octanol–water partition coefficient (Wildman–Crippen LogP) is 8.46. The molecule has 0 radical (unpaired) electrons. The van der Waals surface area contributed by atoms with Crippen molar-refractivity contribution in [1.82, 2.24) is 4.57 Å². The summed E-state index contributed by atoms with van der Waals surface area (Å²) in [5, 5.41) is 5.22. The Bertz CT molecular complexity index is 1750. The largest absolute Gasteiger partial charge is 0.344 e. The third-order valence-corrected chi connectivity index (χ3v) is 7.79. The number of hydrogen-bond donors (Lipinski definition) is 0. The molecule has 0 saturated heterocycles. The zero-order valence-corrected chi connectivity index (χ0v) is 19.2. The highest BCUT2D eigenvalue weighted by Crippen LogP contribution is 2.49. The van der Waals surface area contributed by atoms with Gasteiger partial charge in [0.1, 0.15) is 0 Å². The van der Waals surface area contributed by atoms with E-state index in [0.29, 0.717) is 0 Å². The molecule has 0 bridgehead atoms. The summed E-state index contributed by atoms with van der Waals surface area (Å²) in [6.07, 6.45) is 0. The van der Waals surface area contributed by atoms with Gasteiger partial charge in [-0.05, 0) is 74.5 Å². The van der Waals surface area contributed by atoms with Gasteiger partial charge in [0.05, 0.1) is 0 Å². The lowest BCUT2D eigenvalue weighted by Crippen LogP contribution is -2.14. The minimum Gasteiger partial charge on any atom is -0.344 e. The van der Waals surface area contributed by atoms with Gasteiger partial charge in [0.2, 0.25) is 0 Å². The Morgan fingerprint density at radius 2 is 1.18 bits per heavy atom. The van der Waals surface area contributed by atoms with Crippen LogP contribution in [-0.4, -0.2) is 4.57 Å². The molecule has 1 aliphatic rings. The molecule has 1 aromatic heterocycles. The normalized spacial score (nSPS) is 14.2. The first-order valence-corrected chi connectivity index (χ1v) is 11.7. The third kappa shape index (κ3) is 2.48. The molecular weight excluding hydrogens is 398 g/mol. The van der Waals surface area contributed by atoms with E-state index in [1.54, 1.807) is 0 Å². The fraction of sp³-hybridized carbons (Fsp3) is 0.125. The van der Waals surface area contributed by atoms with Gasteiger partial charge in [-0.25, -0.2) is 0 Å². The predicted molar refractivity (Wildman–Crippen MR) is 141 cm³/mol. The molecular formula is C32H25N. The molecule has 1 heterocycles. The first-order valence-electron chi connectivity index (χ1n) is 11.7. The molecule has 6 aromatic rings. The van der Waals surface area contributed by atoms with Crippen LogP contribution in [0.2, 0.25) is 0 Å². The van der Waals surface area contributed by atoms with Gasteiger partial charge in [0.15, 0.2) is 0 Å². The third-order valence-electron chi connectivity index (χ3n) is 7.79. The molecule has 5 aromatic carbocycles. The second-order valence-corrected chi connectivity index (χ2v) is 9.94. The van der Waals surface area contributed by atoms with Crippen molar-refractivity contribution < 1.29 is 0 Å². The molecule has 0 unspecified atom stereocenters. The zero-order chi connectivity index (χ0) is 22.3. The average Bonchev–Trinajstić information content (AvgIpc) is 3.25. The summed E-state index contributed by atoms with van der Waals surface area (Å²) in [5.74, 6) is 0. The molecule has 1 aliphatic carbocycles. The summed E-state index contributed by atoms with van der Waals surface area (Å²) in [4.78, 5) is 0. The summed E-state index contributed by atoms with van der Waals surface area (Å²) in [6, 6.07) is 36.1. The lowest BCUT2D eigenvalue weighted by molar-refractivity contribution is 0.660. The second kappa shape index (κ2) is 6.36. The molecule has 0 fully saturated rings. The molecule has 1 nitrogen and oxygen atoms in total. The van der Waals surface area contributed by atoms with Gasteiger partial charge in [0.25, 0.3) is 0 Å². The molecule has 0 N–H and O–H groups in total. The van der Waals surface area contributed by atoms with E-state index in [1.807, 2.05) is 0 Å². The number of nitrogens with zero attached hydrogens (tertiary/aromatic N) is 1. The van der Waals surface area contributed by atoms with E-state index in [0.717, 1.165) is 0 Å². The minimum atomic E-state index is 0.0183. The van der Waals surface area contributed by atoms with Gasteiger partial charge in [-0.1, -0.05) is 80.6 Å². The first-order chi connectivity index (χ1) is 16.0. The van der Waals surface area contributed by atoms with Crippen LogP contribution in [0.5, 0.6) is 0 Å². The Morgan fingerprint density at radius 1 is 0.545 bits per heavy atom. The van der Waals surface area contributed by atoms with E-state index in [9.17, 15) is 0 Å². The van der Waals surface area contributed by atoms with Gasteiger partial charge >= 0.3 is 0 Å². The maximum absolute atomic E-state index is 2.41. The van der Waals surface area contributed by atoms with Crippen LogP contribution >= 0.6 is 0 Å². The molecule has 0 atom stereocenters. The van der Waals surface area contributed by atoms with E-state index >= 15 is 0 Å². The van der Waals surface area contributed by atoms with Crippen molar-refractivity contribution in [2.45, 2.75) is 19.3 Å². The molecule has 0 saturated carbocycles. The van der Waals surface area contributed by atoms with Crippen LogP contribution in [0.25, 0.3) is 54.8 Å². The first kappa shape index (κ1) is 18.7. The van der Waals surface area contributed by atoms with E-state index in [2.05, 4.69) is 123 Å². The van der Waals surface area contributed by atoms with Crippen LogP contribution in [0, 0.1) is 0 Å². The Labute approximate surface area is 193 Å². The standard InChI is InChI=1S/C32H25N/c1-32(2)28-11-7-6-10-24(28)25-14-12-23(18-29(25)32)22-13-15-30-26(17-22)27-16-20-8-4-5-9-21(20)19-31(27)33(30)3/h4-19H,1-3H3. The lowest BCUT2D eigenvalue weighted by Gasteiger charge is -2.22. The number of fused-ring (bicyclic) bond motifs is 7. The van der Waals surface area contributed by atoms with Gasteiger partial charge < -0.3 is 4.57 Å². The van der Waals surface area contributed by atoms with Crippen molar-refractivity contribution in [3.63, 3.8) is 0 Å². The quantitative estimate of drug-likeness (QED) is 0.250. The van der Waals surface area contributed by atoms with E-state index in [-0.39, 0.29) is 5.41 Å². The maximum atomic E-state index is 2.41. The van der Waals surface area contributed by atoms with E-state index in [1.165, 1.54) is 66.0 Å². The van der Waals surface area contributed by atoms with E-state index < -0.39 is 0 Å². The number of aryl methyl sites for hydroxylation is 1. The Kier molecular flexibility index (Phi) is 3.60. The highest BCUT2D eigenvalue weighted by atomic mass is 14.9. The fourth-order valence-corrected chi connectivity index (χ4v) is 5.96. The highest BCUT2D eigenvalue weighted by Gasteiger charge is 2.35. The number of benzene rings is 5. The van der Waals surface area contributed by atoms with Crippen LogP contribution in [0.15, 0.2) is 97.1 Å². The van der Waals surface area contributed by atoms with Crippen LogP contribution in [0.4, 0.5) is 0 Å². The van der Waals surface area contributed by atoms with Crippen LogP contribution in [0.3, 0.4) is 0 Å². The molecule has 0 amide bonds. The Balaban J connectivity index is 1.44. The van der Waals surface area contributed by atoms with Crippen molar-refractivity contribution in [2.75, 3.05) is 0 Å². The molecule has 1 heteroatoms. The second-order valence-electron chi connectivity index (χ2n) is 9.94. The Morgan fingerprint density at radius 3 is 2.03 bits per heavy atom. The SMILES string of the molecule is Cn1c2ccc(-c3ccc4c(c3)C(C)(C)c3ccccc3-4)cc2c2cc3ccccc3cc21. The Hall–Kier alpha value is -3.84. The summed E-state index contributed by atoms with van der Waals surface area (Å²) in [7, 11) is 2.17. The topological polar surface area (TPSA) is 4.93 Å². The van der Waals surface area contributed by atoms with E-state index in [4.69, 9.17) is 0 Å². The highest BCUT2D eigenvalue weighted by molar-refractivity contribution is 6.13. The van der Waals surface area contributed by atoms with Gasteiger partial charge in [-0.15, -0.1) is 0 Å². The lowest BCUT2D eigenvalue weighted by atomic mass is 9.81. The summed E-state index contributed by atoms with van der Waals surface area (Å²) in [5.41, 5.74) is 10.7. The number of rotatable bonds is 1. The van der Waals surface area contributed by atoms with Crippen LogP contribution in [-0.2, 0) is 12.5 Å². The summed E-state index contributed by atoms with van der Waals surface area (Å²) >= 11 is 0. The average molecular weight is 424 g/mol. The molecule has 0 spiro atoms. The van der Waals surface area contributed by atoms with Gasteiger partial charge in [-0.3, -0.25) is 0 Å². The number of hydrogen-bond acceptors (Lipinski definition) is 0. The number of aromatic nitrogens is 1. The van der Waals surface area contributed by atoms with Crippen LogP contribution < -0.4 is 0 Å². The van der Waals surface area contributed by atoms with Gasteiger partial charge in [-0.2, -0.15) is 0 Å². The minimum absolute atomic E-state index is 0.0183. The van der Waals surface area contributed by atoms with Crippen molar-refractivity contribution in [3.8, 4) is 22.3 Å².